The molecule has 6 heteroatoms. The minimum Gasteiger partial charge on any atom is -0.353 e. The Morgan fingerprint density at radius 3 is 2.35 bits per heavy atom. The van der Waals surface area contributed by atoms with Gasteiger partial charge >= 0.3 is 0 Å². The molecular weight excluding hydrogens is 312 g/mol. The van der Waals surface area contributed by atoms with Gasteiger partial charge in [0.2, 0.25) is 15.9 Å². The van der Waals surface area contributed by atoms with E-state index in [1.54, 1.807) is 12.1 Å². The van der Waals surface area contributed by atoms with Crippen LogP contribution in [0, 0.1) is 5.92 Å². The maximum Gasteiger partial charge on any atom is 0.243 e. The molecule has 128 valence electrons. The van der Waals surface area contributed by atoms with Gasteiger partial charge in [-0.2, -0.15) is 4.31 Å². The van der Waals surface area contributed by atoms with Crippen molar-refractivity contribution in [3.63, 3.8) is 0 Å². The third-order valence-corrected chi connectivity index (χ3v) is 6.40. The number of sulfonamides is 1. The highest BCUT2D eigenvalue weighted by Crippen LogP contribution is 2.26. The summed E-state index contributed by atoms with van der Waals surface area (Å²) in [6, 6.07) is 6.40. The van der Waals surface area contributed by atoms with Crippen LogP contribution in [0.15, 0.2) is 29.2 Å². The molecule has 0 aliphatic carbocycles. The van der Waals surface area contributed by atoms with Crippen LogP contribution < -0.4 is 5.32 Å². The van der Waals surface area contributed by atoms with Crippen LogP contribution >= 0.6 is 0 Å². The Hall–Kier alpha value is -1.40. The van der Waals surface area contributed by atoms with Crippen molar-refractivity contribution in [3.05, 3.63) is 29.8 Å². The molecule has 0 saturated carbocycles. The van der Waals surface area contributed by atoms with Gasteiger partial charge in [0.1, 0.15) is 6.04 Å². The molecule has 1 N–H and O–H groups in total. The van der Waals surface area contributed by atoms with Gasteiger partial charge in [0.15, 0.2) is 0 Å². The van der Waals surface area contributed by atoms with Crippen molar-refractivity contribution in [3.8, 4) is 0 Å². The predicted octanol–water partition coefficient (Wildman–Crippen LogP) is 2.35. The molecule has 0 bridgehead atoms. The van der Waals surface area contributed by atoms with Crippen molar-refractivity contribution in [1.82, 2.24) is 9.62 Å². The summed E-state index contributed by atoms with van der Waals surface area (Å²) >= 11 is 0. The molecule has 0 radical (unpaired) electrons. The van der Waals surface area contributed by atoms with Gasteiger partial charge in [0.05, 0.1) is 4.90 Å². The fourth-order valence-corrected chi connectivity index (χ4v) is 4.63. The van der Waals surface area contributed by atoms with E-state index >= 15 is 0 Å². The minimum atomic E-state index is -3.67. The lowest BCUT2D eigenvalue weighted by molar-refractivity contribution is -0.128. The highest BCUT2D eigenvalue weighted by Gasteiger charge is 2.40. The quantitative estimate of drug-likeness (QED) is 0.896. The van der Waals surface area contributed by atoms with E-state index in [0.29, 0.717) is 19.0 Å². The topological polar surface area (TPSA) is 66.5 Å². The normalized spacial score (nSPS) is 21.3. The SMILES string of the molecule is CCC(C)c1ccc(S(=O)(=O)N2CCNC(=O)C2C(C)C)cc1. The standard InChI is InChI=1S/C17H26N2O3S/c1-5-13(4)14-6-8-15(9-7-14)23(21,22)19-11-10-18-17(20)16(19)12(2)3/h6-9,12-13,16H,5,10-11H2,1-4H3,(H,18,20). The highest BCUT2D eigenvalue weighted by molar-refractivity contribution is 7.89. The molecule has 5 nitrogen and oxygen atoms in total. The fraction of sp³-hybridized carbons (Fsp3) is 0.588. The third kappa shape index (κ3) is 3.58. The summed E-state index contributed by atoms with van der Waals surface area (Å²) in [4.78, 5) is 12.3. The Bertz CT molecular complexity index is 653. The largest absolute Gasteiger partial charge is 0.353 e. The first kappa shape index (κ1) is 17.9. The molecule has 1 aliphatic rings. The van der Waals surface area contributed by atoms with Crippen molar-refractivity contribution in [1.29, 1.82) is 0 Å². The van der Waals surface area contributed by atoms with Gasteiger partial charge in [-0.05, 0) is 36.0 Å². The van der Waals surface area contributed by atoms with Crippen molar-refractivity contribution >= 4 is 15.9 Å². The molecule has 1 heterocycles. The van der Waals surface area contributed by atoms with E-state index in [4.69, 9.17) is 0 Å². The summed E-state index contributed by atoms with van der Waals surface area (Å²) in [5.41, 5.74) is 1.13. The van der Waals surface area contributed by atoms with E-state index in [0.717, 1.165) is 12.0 Å². The summed E-state index contributed by atoms with van der Waals surface area (Å²) in [7, 11) is -3.67. The maximum atomic E-state index is 12.9. The zero-order valence-electron chi connectivity index (χ0n) is 14.2. The second-order valence-electron chi connectivity index (χ2n) is 6.47. The second-order valence-corrected chi connectivity index (χ2v) is 8.36. The van der Waals surface area contributed by atoms with E-state index < -0.39 is 16.1 Å². The molecule has 2 rings (SSSR count). The van der Waals surface area contributed by atoms with Crippen LogP contribution in [0.25, 0.3) is 0 Å². The lowest BCUT2D eigenvalue weighted by Gasteiger charge is -2.36. The lowest BCUT2D eigenvalue weighted by atomic mass is 9.99. The van der Waals surface area contributed by atoms with Crippen LogP contribution in [0.4, 0.5) is 0 Å². The fourth-order valence-electron chi connectivity index (χ4n) is 2.91. The van der Waals surface area contributed by atoms with Crippen LogP contribution in [0.2, 0.25) is 0 Å². The van der Waals surface area contributed by atoms with Gasteiger partial charge in [0.25, 0.3) is 0 Å². The Morgan fingerprint density at radius 2 is 1.83 bits per heavy atom. The summed E-state index contributed by atoms with van der Waals surface area (Å²) in [5.74, 6) is 0.103. The van der Waals surface area contributed by atoms with Gasteiger partial charge in [-0.15, -0.1) is 0 Å². The second kappa shape index (κ2) is 7.01. The smallest absolute Gasteiger partial charge is 0.243 e. The Balaban J connectivity index is 2.34. The number of piperazine rings is 1. The average molecular weight is 338 g/mol. The lowest BCUT2D eigenvalue weighted by Crippen LogP contribution is -2.58. The Kier molecular flexibility index (Phi) is 5.47. The Morgan fingerprint density at radius 1 is 1.22 bits per heavy atom. The van der Waals surface area contributed by atoms with E-state index in [-0.39, 0.29) is 16.7 Å². The number of carbonyl (C=O) groups is 1. The first-order chi connectivity index (χ1) is 10.8. The number of nitrogens with zero attached hydrogens (tertiary/aromatic N) is 1. The first-order valence-electron chi connectivity index (χ1n) is 8.18. The Labute approximate surface area is 139 Å². The van der Waals surface area contributed by atoms with Gasteiger partial charge in [-0.25, -0.2) is 8.42 Å². The van der Waals surface area contributed by atoms with Crippen molar-refractivity contribution in [2.75, 3.05) is 13.1 Å². The first-order valence-corrected chi connectivity index (χ1v) is 9.62. The third-order valence-electron chi connectivity index (χ3n) is 4.51. The van der Waals surface area contributed by atoms with E-state index in [1.165, 1.54) is 4.31 Å². The minimum absolute atomic E-state index is 0.0792. The molecule has 1 aromatic rings. The van der Waals surface area contributed by atoms with Gasteiger partial charge in [-0.3, -0.25) is 4.79 Å². The average Bonchev–Trinajstić information content (AvgIpc) is 2.53. The van der Waals surface area contributed by atoms with Crippen LogP contribution in [-0.2, 0) is 14.8 Å². The summed E-state index contributed by atoms with van der Waals surface area (Å²) in [6.07, 6.45) is 1.01. The molecule has 0 aromatic heterocycles. The molecule has 1 aliphatic heterocycles. The summed E-state index contributed by atoms with van der Waals surface area (Å²) in [5, 5.41) is 2.75. The molecule has 1 fully saturated rings. The zero-order valence-corrected chi connectivity index (χ0v) is 15.1. The van der Waals surface area contributed by atoms with Gasteiger partial charge in [-0.1, -0.05) is 39.8 Å². The molecule has 23 heavy (non-hydrogen) atoms. The predicted molar refractivity (Wildman–Crippen MR) is 90.7 cm³/mol. The number of amides is 1. The molecule has 1 aromatic carbocycles. The monoisotopic (exact) mass is 338 g/mol. The van der Waals surface area contributed by atoms with Gasteiger partial charge in [0, 0.05) is 13.1 Å². The maximum absolute atomic E-state index is 12.9. The zero-order chi connectivity index (χ0) is 17.2. The number of rotatable bonds is 5. The van der Waals surface area contributed by atoms with Crippen molar-refractivity contribution < 1.29 is 13.2 Å². The molecule has 2 unspecified atom stereocenters. The van der Waals surface area contributed by atoms with Gasteiger partial charge < -0.3 is 5.32 Å². The van der Waals surface area contributed by atoms with Crippen LogP contribution in [0.1, 0.15) is 45.6 Å². The van der Waals surface area contributed by atoms with Crippen LogP contribution in [0.3, 0.4) is 0 Å². The number of hydrogen-bond acceptors (Lipinski definition) is 3. The number of hydrogen-bond donors (Lipinski definition) is 1. The van der Waals surface area contributed by atoms with Crippen LogP contribution in [-0.4, -0.2) is 37.8 Å². The molecule has 2 atom stereocenters. The molecule has 1 amide bonds. The number of carbonyl (C=O) groups excluding carboxylic acids is 1. The summed E-state index contributed by atoms with van der Waals surface area (Å²) in [6.45, 7) is 8.62. The van der Waals surface area contributed by atoms with Crippen LogP contribution in [0.5, 0.6) is 0 Å². The number of nitrogens with one attached hydrogen (secondary N) is 1. The highest BCUT2D eigenvalue weighted by atomic mass is 32.2. The summed E-state index contributed by atoms with van der Waals surface area (Å²) < 4.78 is 27.2. The van der Waals surface area contributed by atoms with E-state index in [9.17, 15) is 13.2 Å². The van der Waals surface area contributed by atoms with E-state index in [2.05, 4.69) is 19.2 Å². The van der Waals surface area contributed by atoms with Crippen molar-refractivity contribution in [2.24, 2.45) is 5.92 Å². The molecular formula is C17H26N2O3S. The molecule has 1 saturated heterocycles. The van der Waals surface area contributed by atoms with E-state index in [1.807, 2.05) is 26.0 Å². The van der Waals surface area contributed by atoms with Crippen molar-refractivity contribution in [2.45, 2.75) is 51.0 Å². The number of benzene rings is 1. The molecule has 0 spiro atoms.